The monoisotopic (exact) mass is 279 g/mol. The maximum atomic E-state index is 6.35. The number of nitrogens with zero attached hydrogens (tertiary/aromatic N) is 1. The maximum absolute atomic E-state index is 6.35. The number of hydrogen-bond acceptors (Lipinski definition) is 0. The second-order valence-corrected chi connectivity index (χ2v) is 8.59. The number of aromatic nitrogens is 1. The number of para-hydroxylation sites is 2. The molecule has 0 aliphatic heterocycles. The van der Waals surface area contributed by atoms with E-state index in [1.165, 1.54) is 10.8 Å². The van der Waals surface area contributed by atoms with Crippen molar-refractivity contribution in [1.82, 2.24) is 4.57 Å². The molecule has 1 nitrogen and oxygen atoms in total. The maximum Gasteiger partial charge on any atom is 0.168 e. The van der Waals surface area contributed by atoms with Gasteiger partial charge in [-0.15, -0.1) is 0 Å². The summed E-state index contributed by atoms with van der Waals surface area (Å²) in [5, 5.41) is 2.40. The van der Waals surface area contributed by atoms with Gasteiger partial charge in [-0.1, -0.05) is 59.6 Å². The Morgan fingerprint density at radius 3 is 1.65 bits per heavy atom. The zero-order valence-electron chi connectivity index (χ0n) is 9.32. The van der Waals surface area contributed by atoms with Gasteiger partial charge in [-0.25, -0.2) is 0 Å². The zero-order valence-corrected chi connectivity index (χ0v) is 12.8. The van der Waals surface area contributed by atoms with E-state index in [4.69, 9.17) is 23.2 Å². The normalized spacial score (nSPS) is 12.6. The summed E-state index contributed by atoms with van der Waals surface area (Å²) in [6, 6.07) is 16.4. The molecule has 0 N–H and O–H groups in total. The van der Waals surface area contributed by atoms with Crippen LogP contribution in [0, 0.1) is 0 Å². The van der Waals surface area contributed by atoms with Crippen molar-refractivity contribution in [2.45, 2.75) is 4.08 Å². The van der Waals surface area contributed by atoms with Gasteiger partial charge < -0.3 is 4.57 Å². The van der Waals surface area contributed by atoms with Crippen LogP contribution in [0.1, 0.15) is 0 Å². The standard InChI is InChI=1S/C13H11Cl2NSi/c14-13(15,17)16-11-7-3-1-5-9(11)10-6-2-4-8-12(10)16/h1-8H,17H3. The highest BCUT2D eigenvalue weighted by atomic mass is 35.5. The van der Waals surface area contributed by atoms with Gasteiger partial charge >= 0.3 is 0 Å². The summed E-state index contributed by atoms with van der Waals surface area (Å²) in [6.07, 6.45) is 0. The van der Waals surface area contributed by atoms with Gasteiger partial charge in [-0.05, 0) is 12.1 Å². The fourth-order valence-corrected chi connectivity index (χ4v) is 3.19. The summed E-state index contributed by atoms with van der Waals surface area (Å²) in [5.74, 6) is 0. The lowest BCUT2D eigenvalue weighted by atomic mass is 10.2. The number of hydrogen-bond donors (Lipinski definition) is 0. The zero-order chi connectivity index (χ0) is 12.0. The molecule has 0 saturated carbocycles. The summed E-state index contributed by atoms with van der Waals surface area (Å²) >= 11 is 12.7. The van der Waals surface area contributed by atoms with Crippen molar-refractivity contribution in [2.24, 2.45) is 0 Å². The van der Waals surface area contributed by atoms with Gasteiger partial charge in [0.15, 0.2) is 4.08 Å². The Morgan fingerprint density at radius 2 is 1.24 bits per heavy atom. The Hall–Kier alpha value is -0.963. The Labute approximate surface area is 112 Å². The molecule has 86 valence electrons. The smallest absolute Gasteiger partial charge is 0.168 e. The Kier molecular flexibility index (Phi) is 2.47. The minimum absolute atomic E-state index is 0.664. The quantitative estimate of drug-likeness (QED) is 0.476. The van der Waals surface area contributed by atoms with Gasteiger partial charge in [-0.3, -0.25) is 0 Å². The molecular formula is C13H11Cl2NSi. The molecule has 0 fully saturated rings. The molecule has 3 aromatic rings. The summed E-state index contributed by atoms with van der Waals surface area (Å²) in [6.45, 7) is 0. The predicted octanol–water partition coefficient (Wildman–Crippen LogP) is 3.21. The minimum Gasteiger partial charge on any atom is -0.312 e. The molecule has 0 spiro atoms. The molecule has 0 aliphatic carbocycles. The molecule has 0 atom stereocenters. The van der Waals surface area contributed by atoms with E-state index in [9.17, 15) is 0 Å². The third kappa shape index (κ3) is 1.68. The highest BCUT2D eigenvalue weighted by molar-refractivity contribution is 6.62. The molecular weight excluding hydrogens is 269 g/mol. The van der Waals surface area contributed by atoms with Crippen LogP contribution >= 0.6 is 23.2 Å². The van der Waals surface area contributed by atoms with Crippen LogP contribution in [0.25, 0.3) is 21.8 Å². The van der Waals surface area contributed by atoms with Gasteiger partial charge in [0.05, 0.1) is 21.3 Å². The molecule has 0 saturated heterocycles. The van der Waals surface area contributed by atoms with Crippen LogP contribution in [-0.4, -0.2) is 14.8 Å². The van der Waals surface area contributed by atoms with E-state index < -0.39 is 4.08 Å². The molecule has 17 heavy (non-hydrogen) atoms. The van der Waals surface area contributed by atoms with Crippen molar-refractivity contribution in [3.05, 3.63) is 48.5 Å². The number of alkyl halides is 2. The molecule has 0 unspecified atom stereocenters. The summed E-state index contributed by atoms with van der Waals surface area (Å²) in [4.78, 5) is 0. The molecule has 3 rings (SSSR count). The Bertz CT molecular complexity index is 644. The molecule has 4 heteroatoms. The van der Waals surface area contributed by atoms with Crippen molar-refractivity contribution >= 4 is 55.3 Å². The number of fused-ring (bicyclic) bond motifs is 3. The minimum atomic E-state index is -0.817. The molecule has 2 aromatic carbocycles. The van der Waals surface area contributed by atoms with E-state index in [0.717, 1.165) is 11.0 Å². The molecule has 1 heterocycles. The lowest BCUT2D eigenvalue weighted by Crippen LogP contribution is -2.19. The first-order chi connectivity index (χ1) is 8.09. The van der Waals surface area contributed by atoms with Crippen molar-refractivity contribution in [3.63, 3.8) is 0 Å². The summed E-state index contributed by atoms with van der Waals surface area (Å²) in [5.41, 5.74) is 2.18. The average Bonchev–Trinajstić information content (AvgIpc) is 2.63. The molecule has 0 radical (unpaired) electrons. The van der Waals surface area contributed by atoms with Crippen LogP contribution in [0.15, 0.2) is 48.5 Å². The van der Waals surface area contributed by atoms with E-state index in [0.29, 0.717) is 10.2 Å². The van der Waals surface area contributed by atoms with Crippen molar-refractivity contribution in [1.29, 1.82) is 0 Å². The highest BCUT2D eigenvalue weighted by Gasteiger charge is 2.23. The van der Waals surface area contributed by atoms with E-state index in [1.807, 2.05) is 28.8 Å². The average molecular weight is 280 g/mol. The first-order valence-electron chi connectivity index (χ1n) is 5.45. The van der Waals surface area contributed by atoms with Gasteiger partial charge in [0.25, 0.3) is 0 Å². The van der Waals surface area contributed by atoms with Gasteiger partial charge in [-0.2, -0.15) is 0 Å². The van der Waals surface area contributed by atoms with Crippen LogP contribution in [0.2, 0.25) is 0 Å². The van der Waals surface area contributed by atoms with Gasteiger partial charge in [0.2, 0.25) is 0 Å². The van der Waals surface area contributed by atoms with Crippen LogP contribution in [0.3, 0.4) is 0 Å². The number of benzene rings is 2. The largest absolute Gasteiger partial charge is 0.312 e. The van der Waals surface area contributed by atoms with Crippen LogP contribution in [0.4, 0.5) is 0 Å². The van der Waals surface area contributed by atoms with Crippen molar-refractivity contribution in [3.8, 4) is 0 Å². The fraction of sp³-hybridized carbons (Fsp3) is 0.0769. The molecule has 1 aromatic heterocycles. The van der Waals surface area contributed by atoms with Gasteiger partial charge in [0.1, 0.15) is 0 Å². The highest BCUT2D eigenvalue weighted by Crippen LogP contribution is 2.36. The number of halogens is 2. The summed E-state index contributed by atoms with van der Waals surface area (Å²) < 4.78 is 1.20. The fourth-order valence-electron chi connectivity index (χ4n) is 2.35. The first-order valence-corrected chi connectivity index (χ1v) is 7.21. The second kappa shape index (κ2) is 3.77. The van der Waals surface area contributed by atoms with Gasteiger partial charge in [0, 0.05) is 10.8 Å². The Balaban J connectivity index is 2.60. The number of rotatable bonds is 1. The third-order valence-corrected chi connectivity index (χ3v) is 3.76. The van der Waals surface area contributed by atoms with Crippen LogP contribution < -0.4 is 0 Å². The predicted molar refractivity (Wildman–Crippen MR) is 79.1 cm³/mol. The lowest BCUT2D eigenvalue weighted by molar-refractivity contribution is 0.860. The van der Waals surface area contributed by atoms with E-state index in [2.05, 4.69) is 24.3 Å². The molecule has 0 amide bonds. The topological polar surface area (TPSA) is 4.93 Å². The summed E-state index contributed by atoms with van der Waals surface area (Å²) in [7, 11) is 0.664. The molecule has 0 bridgehead atoms. The SMILES string of the molecule is [SiH3]C(Cl)(Cl)n1c2ccccc2c2ccccc21. The third-order valence-electron chi connectivity index (χ3n) is 2.97. The first kappa shape index (κ1) is 11.1. The van der Waals surface area contributed by atoms with Crippen molar-refractivity contribution < 1.29 is 0 Å². The van der Waals surface area contributed by atoms with E-state index >= 15 is 0 Å². The lowest BCUT2D eigenvalue weighted by Gasteiger charge is -2.19. The van der Waals surface area contributed by atoms with Crippen LogP contribution in [-0.2, 0) is 4.08 Å². The Morgan fingerprint density at radius 1 is 0.824 bits per heavy atom. The van der Waals surface area contributed by atoms with E-state index in [1.54, 1.807) is 0 Å². The second-order valence-electron chi connectivity index (χ2n) is 4.21. The van der Waals surface area contributed by atoms with E-state index in [-0.39, 0.29) is 0 Å². The van der Waals surface area contributed by atoms with Crippen molar-refractivity contribution in [2.75, 3.05) is 0 Å². The molecule has 0 aliphatic rings. The van der Waals surface area contributed by atoms with Crippen LogP contribution in [0.5, 0.6) is 0 Å².